The largest absolute Gasteiger partial charge is 0.493 e. The summed E-state index contributed by atoms with van der Waals surface area (Å²) in [5.41, 5.74) is 2.92. The number of halogens is 2. The highest BCUT2D eigenvalue weighted by molar-refractivity contribution is 7.90. The molecule has 11 heteroatoms. The minimum Gasteiger partial charge on any atom is -0.493 e. The number of hydrogen-bond donors (Lipinski definition) is 0. The number of rotatable bonds is 12. The van der Waals surface area contributed by atoms with Gasteiger partial charge in [-0.2, -0.15) is 0 Å². The van der Waals surface area contributed by atoms with Gasteiger partial charge >= 0.3 is 6.03 Å². The number of aliphatic imine (C=N–C) groups is 1. The standard InChI is InChI=1S/C39H52Cl2N4O4S/c1-8-45(37(46)44-24-22-43(23-25-44)21-10-26-50(7,47)48)36(34-20-15-31(38(3,4)5)27-35(34)49-9-2)42-39(6,30-13-18-33(41)19-14-30)28-29-11-16-32(40)17-12-29/h11-20,27H,8-10,21-26,28H2,1-7H3/t39-/m1/s1. The van der Waals surface area contributed by atoms with E-state index in [1.54, 1.807) is 4.90 Å². The summed E-state index contributed by atoms with van der Waals surface area (Å²) in [6.07, 6.45) is 2.38. The number of amidine groups is 1. The number of amides is 2. The van der Waals surface area contributed by atoms with Crippen LogP contribution >= 0.6 is 23.2 Å². The van der Waals surface area contributed by atoms with Gasteiger partial charge in [0.05, 0.1) is 23.5 Å². The summed E-state index contributed by atoms with van der Waals surface area (Å²) in [5.74, 6) is 1.36. The summed E-state index contributed by atoms with van der Waals surface area (Å²) in [5, 5.41) is 1.29. The van der Waals surface area contributed by atoms with Crippen LogP contribution in [-0.4, -0.2) is 92.9 Å². The van der Waals surface area contributed by atoms with E-state index in [2.05, 4.69) is 44.7 Å². The van der Waals surface area contributed by atoms with Crippen LogP contribution in [0.25, 0.3) is 0 Å². The molecule has 8 nitrogen and oxygen atoms in total. The Labute approximate surface area is 309 Å². The Morgan fingerprint density at radius 3 is 2.00 bits per heavy atom. The third-order valence-corrected chi connectivity index (χ3v) is 10.6. The monoisotopic (exact) mass is 742 g/mol. The third kappa shape index (κ3) is 10.7. The SMILES string of the molecule is CCOc1cc(C(C)(C)C)ccc1C(=N[C@](C)(Cc1ccc(Cl)cc1)c1ccc(Cl)cc1)N(CC)C(=O)N1CCN(CCCS(C)(=O)=O)CC1. The van der Waals surface area contributed by atoms with Crippen molar-refractivity contribution in [2.24, 2.45) is 4.99 Å². The molecule has 0 radical (unpaired) electrons. The van der Waals surface area contributed by atoms with Crippen molar-refractivity contribution in [2.45, 2.75) is 65.3 Å². The van der Waals surface area contributed by atoms with Gasteiger partial charge in [0.25, 0.3) is 0 Å². The Hall–Kier alpha value is -3.11. The van der Waals surface area contributed by atoms with Crippen LogP contribution in [-0.2, 0) is 27.2 Å². The van der Waals surface area contributed by atoms with Gasteiger partial charge in [0, 0.05) is 55.4 Å². The molecule has 1 saturated heterocycles. The first-order valence-corrected chi connectivity index (χ1v) is 20.2. The van der Waals surface area contributed by atoms with Gasteiger partial charge in [-0.25, -0.2) is 13.2 Å². The molecule has 0 unspecified atom stereocenters. The summed E-state index contributed by atoms with van der Waals surface area (Å²) in [7, 11) is -3.01. The summed E-state index contributed by atoms with van der Waals surface area (Å²) < 4.78 is 29.6. The number of ether oxygens (including phenoxy) is 1. The van der Waals surface area contributed by atoms with Crippen molar-refractivity contribution in [3.63, 3.8) is 0 Å². The molecule has 0 spiro atoms. The van der Waals surface area contributed by atoms with Gasteiger partial charge in [0.2, 0.25) is 0 Å². The van der Waals surface area contributed by atoms with E-state index < -0.39 is 15.4 Å². The molecule has 1 fully saturated rings. The van der Waals surface area contributed by atoms with E-state index in [0.29, 0.717) is 80.3 Å². The second-order valence-electron chi connectivity index (χ2n) is 14.3. The normalized spacial score (nSPS) is 15.9. The Morgan fingerprint density at radius 1 is 0.880 bits per heavy atom. The minimum absolute atomic E-state index is 0.116. The lowest BCUT2D eigenvalue weighted by Gasteiger charge is -2.38. The molecule has 0 bridgehead atoms. The van der Waals surface area contributed by atoms with Gasteiger partial charge in [0.15, 0.2) is 0 Å². The summed E-state index contributed by atoms with van der Waals surface area (Å²) in [6, 6.07) is 21.6. The van der Waals surface area contributed by atoms with Crippen LogP contribution in [0.2, 0.25) is 10.0 Å². The molecule has 3 aromatic rings. The van der Waals surface area contributed by atoms with Crippen LogP contribution in [0.15, 0.2) is 71.7 Å². The maximum Gasteiger partial charge on any atom is 0.325 e. The zero-order chi connectivity index (χ0) is 36.7. The van der Waals surface area contributed by atoms with Gasteiger partial charge < -0.3 is 9.64 Å². The molecule has 4 rings (SSSR count). The van der Waals surface area contributed by atoms with Gasteiger partial charge in [-0.3, -0.25) is 14.8 Å². The van der Waals surface area contributed by atoms with Crippen molar-refractivity contribution in [1.29, 1.82) is 0 Å². The fourth-order valence-corrected chi connectivity index (χ4v) is 7.13. The van der Waals surface area contributed by atoms with E-state index in [4.69, 9.17) is 32.9 Å². The second kappa shape index (κ2) is 16.9. The molecule has 3 aromatic carbocycles. The van der Waals surface area contributed by atoms with E-state index in [9.17, 15) is 13.2 Å². The zero-order valence-electron chi connectivity index (χ0n) is 30.5. The maximum absolute atomic E-state index is 14.6. The van der Waals surface area contributed by atoms with Crippen LogP contribution in [0.1, 0.15) is 70.2 Å². The van der Waals surface area contributed by atoms with E-state index >= 15 is 0 Å². The Balaban J connectivity index is 1.82. The number of urea groups is 1. The molecule has 50 heavy (non-hydrogen) atoms. The van der Waals surface area contributed by atoms with E-state index in [-0.39, 0.29) is 17.2 Å². The molecule has 1 aliphatic rings. The summed E-state index contributed by atoms with van der Waals surface area (Å²) in [4.78, 5) is 26.0. The molecule has 1 heterocycles. The number of benzene rings is 3. The summed E-state index contributed by atoms with van der Waals surface area (Å²) >= 11 is 12.6. The van der Waals surface area contributed by atoms with Crippen LogP contribution in [0.3, 0.4) is 0 Å². The highest BCUT2D eigenvalue weighted by atomic mass is 35.5. The first-order valence-electron chi connectivity index (χ1n) is 17.4. The zero-order valence-corrected chi connectivity index (χ0v) is 32.8. The first-order chi connectivity index (χ1) is 23.5. The van der Waals surface area contributed by atoms with Crippen molar-refractivity contribution >= 4 is 44.9 Å². The number of hydrogen-bond acceptors (Lipinski definition) is 6. The molecular formula is C39H52Cl2N4O4S. The lowest BCUT2D eigenvalue weighted by atomic mass is 9.85. The van der Waals surface area contributed by atoms with E-state index in [1.807, 2.05) is 73.3 Å². The number of piperazine rings is 1. The molecule has 1 atom stereocenters. The Bertz CT molecular complexity index is 1730. The van der Waals surface area contributed by atoms with Gasteiger partial charge in [-0.15, -0.1) is 0 Å². The van der Waals surface area contributed by atoms with Crippen molar-refractivity contribution in [2.75, 3.05) is 57.9 Å². The van der Waals surface area contributed by atoms with Gasteiger partial charge in [-0.05, 0) is 92.2 Å². The molecule has 2 amide bonds. The lowest BCUT2D eigenvalue weighted by Crippen LogP contribution is -2.54. The highest BCUT2D eigenvalue weighted by Crippen LogP contribution is 2.35. The first kappa shape index (κ1) is 39.7. The van der Waals surface area contributed by atoms with Gasteiger partial charge in [-0.1, -0.05) is 74.3 Å². The van der Waals surface area contributed by atoms with Gasteiger partial charge in [0.1, 0.15) is 21.4 Å². The fourth-order valence-electron chi connectivity index (χ4n) is 6.22. The Morgan fingerprint density at radius 2 is 1.46 bits per heavy atom. The number of carbonyl (C=O) groups is 1. The Kier molecular flexibility index (Phi) is 13.4. The van der Waals surface area contributed by atoms with E-state index in [0.717, 1.165) is 22.3 Å². The third-order valence-electron chi connectivity index (χ3n) is 9.10. The lowest BCUT2D eigenvalue weighted by molar-refractivity contribution is 0.126. The predicted molar refractivity (Wildman–Crippen MR) is 207 cm³/mol. The average Bonchev–Trinajstić information content (AvgIpc) is 3.05. The van der Waals surface area contributed by atoms with Crippen LogP contribution in [0.4, 0.5) is 4.79 Å². The molecule has 0 aromatic heterocycles. The van der Waals surface area contributed by atoms with E-state index in [1.165, 1.54) is 6.26 Å². The molecular weight excluding hydrogens is 691 g/mol. The van der Waals surface area contributed by atoms with Crippen molar-refractivity contribution in [1.82, 2.24) is 14.7 Å². The molecule has 272 valence electrons. The molecule has 0 N–H and O–H groups in total. The highest BCUT2D eigenvalue weighted by Gasteiger charge is 2.34. The van der Waals surface area contributed by atoms with Crippen LogP contribution < -0.4 is 4.74 Å². The fraction of sp³-hybridized carbons (Fsp3) is 0.487. The van der Waals surface area contributed by atoms with Crippen molar-refractivity contribution in [3.05, 3.63) is 99.0 Å². The number of sulfone groups is 1. The van der Waals surface area contributed by atoms with Crippen molar-refractivity contribution < 1.29 is 17.9 Å². The summed E-state index contributed by atoms with van der Waals surface area (Å²) in [6.45, 7) is 16.4. The molecule has 1 aliphatic heterocycles. The molecule has 0 aliphatic carbocycles. The maximum atomic E-state index is 14.6. The number of carbonyl (C=O) groups excluding carboxylic acids is 1. The predicted octanol–water partition coefficient (Wildman–Crippen LogP) is 8.09. The average molecular weight is 744 g/mol. The molecule has 0 saturated carbocycles. The number of nitrogens with zero attached hydrogens (tertiary/aromatic N) is 4. The second-order valence-corrected chi connectivity index (χ2v) is 17.4. The van der Waals surface area contributed by atoms with Crippen LogP contribution in [0.5, 0.6) is 5.75 Å². The smallest absolute Gasteiger partial charge is 0.325 e. The topological polar surface area (TPSA) is 82.5 Å². The quantitative estimate of drug-likeness (QED) is 0.138. The minimum atomic E-state index is -3.01. The van der Waals surface area contributed by atoms with Crippen molar-refractivity contribution in [3.8, 4) is 5.75 Å². The van der Waals surface area contributed by atoms with Crippen LogP contribution in [0, 0.1) is 0 Å².